The number of rotatable bonds is 4. The van der Waals surface area contributed by atoms with Crippen LogP contribution in [0.3, 0.4) is 0 Å². The maximum atomic E-state index is 9.62. The Morgan fingerprint density at radius 1 is 1.33 bits per heavy atom. The molecule has 1 heterocycles. The predicted molar refractivity (Wildman–Crippen MR) is 38.7 cm³/mol. The van der Waals surface area contributed by atoms with E-state index in [0.717, 1.165) is 12.8 Å². The topological polar surface area (TPSA) is 47.6 Å². The Balaban J connectivity index is 1.63. The molecule has 69 valence electrons. The molecule has 0 aromatic carbocycles. The molecule has 1 saturated carbocycles. The van der Waals surface area contributed by atoms with Crippen molar-refractivity contribution in [1.29, 1.82) is 0 Å². The maximum Gasteiger partial charge on any atom is 0.158 e. The third-order valence-corrected chi connectivity index (χ3v) is 2.50. The standard InChI is InChI=1S/C8H13O4/c9-11-6-5-10-7-1-2-8(12-7)3-4-8/h7H,1-6H2. The molecule has 12 heavy (non-hydrogen) atoms. The van der Waals surface area contributed by atoms with Crippen molar-refractivity contribution in [3.8, 4) is 0 Å². The van der Waals surface area contributed by atoms with Gasteiger partial charge in [-0.2, -0.15) is 0 Å². The quantitative estimate of drug-likeness (QED) is 0.362. The van der Waals surface area contributed by atoms with Crippen LogP contribution in [0.1, 0.15) is 25.7 Å². The molecular weight excluding hydrogens is 160 g/mol. The van der Waals surface area contributed by atoms with Gasteiger partial charge in [0.05, 0.1) is 12.2 Å². The Kier molecular flexibility index (Phi) is 2.32. The molecule has 0 aromatic heterocycles. The molecule has 4 heteroatoms. The van der Waals surface area contributed by atoms with Crippen molar-refractivity contribution in [2.75, 3.05) is 13.2 Å². The molecule has 2 aliphatic rings. The van der Waals surface area contributed by atoms with E-state index < -0.39 is 0 Å². The Morgan fingerprint density at radius 2 is 2.17 bits per heavy atom. The van der Waals surface area contributed by atoms with Crippen molar-refractivity contribution in [1.82, 2.24) is 0 Å². The minimum Gasteiger partial charge on any atom is -0.350 e. The Hall–Kier alpha value is -0.160. The van der Waals surface area contributed by atoms with Crippen LogP contribution in [0, 0.1) is 0 Å². The molecule has 0 N–H and O–H groups in total. The van der Waals surface area contributed by atoms with Gasteiger partial charge in [0.2, 0.25) is 0 Å². The van der Waals surface area contributed by atoms with E-state index in [4.69, 9.17) is 9.47 Å². The maximum absolute atomic E-state index is 9.62. The molecule has 1 aliphatic carbocycles. The van der Waals surface area contributed by atoms with Gasteiger partial charge in [0.1, 0.15) is 6.61 Å². The van der Waals surface area contributed by atoms with Crippen LogP contribution < -0.4 is 0 Å². The van der Waals surface area contributed by atoms with Gasteiger partial charge < -0.3 is 9.47 Å². The highest BCUT2D eigenvalue weighted by Crippen LogP contribution is 2.49. The van der Waals surface area contributed by atoms with E-state index >= 15 is 0 Å². The van der Waals surface area contributed by atoms with Gasteiger partial charge in [-0.15, -0.1) is 0 Å². The van der Waals surface area contributed by atoms with E-state index in [1.54, 1.807) is 0 Å². The lowest BCUT2D eigenvalue weighted by Crippen LogP contribution is -2.17. The van der Waals surface area contributed by atoms with Crippen LogP contribution >= 0.6 is 0 Å². The summed E-state index contributed by atoms with van der Waals surface area (Å²) in [6, 6.07) is 0. The second kappa shape index (κ2) is 3.30. The van der Waals surface area contributed by atoms with Crippen molar-refractivity contribution >= 4 is 0 Å². The number of ether oxygens (including phenoxy) is 2. The average molecular weight is 173 g/mol. The first-order valence-electron chi connectivity index (χ1n) is 4.39. The van der Waals surface area contributed by atoms with Gasteiger partial charge in [0.15, 0.2) is 6.29 Å². The highest BCUT2D eigenvalue weighted by molar-refractivity contribution is 4.99. The summed E-state index contributed by atoms with van der Waals surface area (Å²) in [6.07, 6.45) is 4.31. The normalized spacial score (nSPS) is 31.2. The molecule has 1 unspecified atom stereocenters. The zero-order valence-electron chi connectivity index (χ0n) is 6.95. The van der Waals surface area contributed by atoms with E-state index in [0.29, 0.717) is 6.61 Å². The van der Waals surface area contributed by atoms with Crippen LogP contribution in [0.25, 0.3) is 0 Å². The van der Waals surface area contributed by atoms with Crippen molar-refractivity contribution in [3.05, 3.63) is 0 Å². The van der Waals surface area contributed by atoms with Crippen LogP contribution in [0.4, 0.5) is 0 Å². The summed E-state index contributed by atoms with van der Waals surface area (Å²) in [5.41, 5.74) is 0.170. The molecule has 2 rings (SSSR count). The van der Waals surface area contributed by atoms with Gasteiger partial charge in [0.25, 0.3) is 0 Å². The fourth-order valence-corrected chi connectivity index (χ4v) is 1.62. The van der Waals surface area contributed by atoms with Gasteiger partial charge in [-0.3, -0.25) is 0 Å². The molecule has 0 amide bonds. The van der Waals surface area contributed by atoms with E-state index in [-0.39, 0.29) is 18.5 Å². The predicted octanol–water partition coefficient (Wildman–Crippen LogP) is 1.03. The summed E-state index contributed by atoms with van der Waals surface area (Å²) in [6.45, 7) is 0.442. The zero-order valence-corrected chi connectivity index (χ0v) is 6.95. The minimum absolute atomic E-state index is 0.0948. The summed E-state index contributed by atoms with van der Waals surface area (Å²) in [5.74, 6) is 0. The zero-order chi connectivity index (χ0) is 8.44. The summed E-state index contributed by atoms with van der Waals surface area (Å²) < 4.78 is 10.9. The van der Waals surface area contributed by atoms with E-state index in [2.05, 4.69) is 4.89 Å². The third-order valence-electron chi connectivity index (χ3n) is 2.50. The first-order valence-corrected chi connectivity index (χ1v) is 4.39. The van der Waals surface area contributed by atoms with Crippen molar-refractivity contribution in [2.24, 2.45) is 0 Å². The highest BCUT2D eigenvalue weighted by Gasteiger charge is 2.50. The monoisotopic (exact) mass is 173 g/mol. The first-order chi connectivity index (χ1) is 5.85. The largest absolute Gasteiger partial charge is 0.350 e. The summed E-state index contributed by atoms with van der Waals surface area (Å²) in [5, 5.41) is 9.62. The van der Waals surface area contributed by atoms with E-state index in [1.165, 1.54) is 12.8 Å². The van der Waals surface area contributed by atoms with E-state index in [1.807, 2.05) is 0 Å². The fourth-order valence-electron chi connectivity index (χ4n) is 1.62. The smallest absolute Gasteiger partial charge is 0.158 e. The lowest BCUT2D eigenvalue weighted by Gasteiger charge is -2.12. The van der Waals surface area contributed by atoms with Crippen molar-refractivity contribution in [3.63, 3.8) is 0 Å². The van der Waals surface area contributed by atoms with Crippen LogP contribution in [-0.2, 0) is 19.6 Å². The van der Waals surface area contributed by atoms with Crippen molar-refractivity contribution < 1.29 is 19.6 Å². The second-order valence-electron chi connectivity index (χ2n) is 3.46. The van der Waals surface area contributed by atoms with Gasteiger partial charge in [-0.25, -0.2) is 4.89 Å². The number of hydrogen-bond acceptors (Lipinski definition) is 3. The van der Waals surface area contributed by atoms with Crippen LogP contribution in [0.2, 0.25) is 0 Å². The summed E-state index contributed by atoms with van der Waals surface area (Å²) in [4.78, 5) is 3.64. The minimum atomic E-state index is -0.0948. The van der Waals surface area contributed by atoms with Gasteiger partial charge in [-0.1, -0.05) is 0 Å². The molecule has 2 fully saturated rings. The Bertz CT molecular complexity index is 155. The van der Waals surface area contributed by atoms with Crippen LogP contribution in [-0.4, -0.2) is 25.1 Å². The van der Waals surface area contributed by atoms with Gasteiger partial charge in [-0.05, 0) is 24.5 Å². The molecule has 1 saturated heterocycles. The van der Waals surface area contributed by atoms with E-state index in [9.17, 15) is 5.26 Å². The molecule has 1 aliphatic heterocycles. The Morgan fingerprint density at radius 3 is 2.75 bits per heavy atom. The SMILES string of the molecule is [O]OCCOC1CCC2(CC2)O1. The molecule has 1 radical (unpaired) electrons. The lowest BCUT2D eigenvalue weighted by atomic mass is 10.2. The molecular formula is C8H13O4. The van der Waals surface area contributed by atoms with Gasteiger partial charge >= 0.3 is 0 Å². The first kappa shape index (κ1) is 8.44. The van der Waals surface area contributed by atoms with Crippen LogP contribution in [0.15, 0.2) is 0 Å². The summed E-state index contributed by atoms with van der Waals surface area (Å²) >= 11 is 0. The van der Waals surface area contributed by atoms with Crippen molar-refractivity contribution in [2.45, 2.75) is 37.6 Å². The lowest BCUT2D eigenvalue weighted by molar-refractivity contribution is -0.312. The second-order valence-corrected chi connectivity index (χ2v) is 3.46. The highest BCUT2D eigenvalue weighted by atomic mass is 17.1. The molecule has 0 bridgehead atoms. The van der Waals surface area contributed by atoms with Crippen LogP contribution in [0.5, 0.6) is 0 Å². The number of hydrogen-bond donors (Lipinski definition) is 0. The van der Waals surface area contributed by atoms with Gasteiger partial charge in [0, 0.05) is 6.42 Å². The fraction of sp³-hybridized carbons (Fsp3) is 1.00. The molecule has 4 nitrogen and oxygen atoms in total. The summed E-state index contributed by atoms with van der Waals surface area (Å²) in [7, 11) is 0. The molecule has 1 atom stereocenters. The molecule has 0 aromatic rings. The average Bonchev–Trinajstić information content (AvgIpc) is 2.68. The Labute approximate surface area is 71.3 Å². The third kappa shape index (κ3) is 1.77. The molecule has 1 spiro atoms.